The van der Waals surface area contributed by atoms with E-state index in [4.69, 9.17) is 5.73 Å². The number of para-hydroxylation sites is 1. The monoisotopic (exact) mass is 358 g/mol. The topological polar surface area (TPSA) is 89.5 Å². The van der Waals surface area contributed by atoms with E-state index in [0.717, 1.165) is 5.39 Å². The van der Waals surface area contributed by atoms with E-state index in [1.165, 1.54) is 16.4 Å². The van der Waals surface area contributed by atoms with Crippen molar-refractivity contribution in [2.24, 2.45) is 10.8 Å². The van der Waals surface area contributed by atoms with Gasteiger partial charge in [0.2, 0.25) is 0 Å². The van der Waals surface area contributed by atoms with Crippen LogP contribution in [0.4, 0.5) is 0 Å². The maximum Gasteiger partial charge on any atom is 0.268 e. The van der Waals surface area contributed by atoms with Gasteiger partial charge in [0.25, 0.3) is 10.0 Å². The van der Waals surface area contributed by atoms with Crippen LogP contribution in [0.15, 0.2) is 70.8 Å². The van der Waals surface area contributed by atoms with Gasteiger partial charge in [0.05, 0.1) is 16.6 Å². The van der Waals surface area contributed by atoms with E-state index in [1.807, 2.05) is 12.1 Å². The lowest BCUT2D eigenvalue weighted by atomic mass is 10.2. The highest BCUT2D eigenvalue weighted by Gasteiger charge is 2.20. The average Bonchev–Trinajstić information content (AvgIpc) is 2.95. The summed E-state index contributed by atoms with van der Waals surface area (Å²) in [6.07, 6.45) is 3.01. The van der Waals surface area contributed by atoms with Crippen molar-refractivity contribution in [2.45, 2.75) is 4.90 Å². The molecule has 1 heterocycles. The van der Waals surface area contributed by atoms with Gasteiger partial charge in [0.15, 0.2) is 5.11 Å². The lowest BCUT2D eigenvalue weighted by Gasteiger charge is -2.07. The van der Waals surface area contributed by atoms with Crippen LogP contribution in [-0.2, 0) is 10.0 Å². The van der Waals surface area contributed by atoms with Crippen molar-refractivity contribution < 1.29 is 8.42 Å². The number of hydrogen-bond acceptors (Lipinski definition) is 4. The third kappa shape index (κ3) is 3.01. The molecule has 0 aliphatic heterocycles. The molecule has 0 radical (unpaired) electrons. The molecule has 0 saturated heterocycles. The second kappa shape index (κ2) is 6.42. The fraction of sp³-hybridized carbons (Fsp3) is 0. The van der Waals surface area contributed by atoms with E-state index in [9.17, 15) is 8.42 Å². The fourth-order valence-corrected chi connectivity index (χ4v) is 3.80. The van der Waals surface area contributed by atoms with Gasteiger partial charge in [-0.25, -0.2) is 12.4 Å². The van der Waals surface area contributed by atoms with E-state index >= 15 is 0 Å². The lowest BCUT2D eigenvalue weighted by molar-refractivity contribution is 0.589. The molecule has 0 bridgehead atoms. The minimum atomic E-state index is -3.70. The number of fused-ring (bicyclic) bond motifs is 1. The molecule has 6 nitrogen and oxygen atoms in total. The molecule has 1 aromatic heterocycles. The van der Waals surface area contributed by atoms with Gasteiger partial charge in [-0.3, -0.25) is 5.43 Å². The van der Waals surface area contributed by atoms with Crippen molar-refractivity contribution >= 4 is 44.5 Å². The number of nitrogens with zero attached hydrogens (tertiary/aromatic N) is 2. The number of rotatable bonds is 4. The maximum atomic E-state index is 12.9. The largest absolute Gasteiger partial charge is 0.375 e. The molecule has 3 N–H and O–H groups in total. The zero-order valence-electron chi connectivity index (χ0n) is 12.5. The first-order chi connectivity index (χ1) is 11.5. The first kappa shape index (κ1) is 16.2. The highest BCUT2D eigenvalue weighted by molar-refractivity contribution is 7.90. The predicted molar refractivity (Wildman–Crippen MR) is 98.5 cm³/mol. The molecule has 0 aliphatic rings. The molecule has 0 atom stereocenters. The summed E-state index contributed by atoms with van der Waals surface area (Å²) in [6, 6.07) is 15.5. The molecule has 0 amide bonds. The van der Waals surface area contributed by atoms with E-state index < -0.39 is 10.0 Å². The van der Waals surface area contributed by atoms with Crippen molar-refractivity contribution in [3.05, 3.63) is 66.4 Å². The van der Waals surface area contributed by atoms with Crippen LogP contribution in [0.1, 0.15) is 5.56 Å². The van der Waals surface area contributed by atoms with Gasteiger partial charge in [-0.15, -0.1) is 0 Å². The van der Waals surface area contributed by atoms with Crippen molar-refractivity contribution in [3.8, 4) is 0 Å². The minimum absolute atomic E-state index is 0.0342. The van der Waals surface area contributed by atoms with E-state index in [1.54, 1.807) is 42.5 Å². The van der Waals surface area contributed by atoms with Crippen LogP contribution in [0.5, 0.6) is 0 Å². The Morgan fingerprint density at radius 1 is 1.12 bits per heavy atom. The Labute approximate surface area is 144 Å². The number of nitrogens with two attached hydrogens (primary N) is 1. The zero-order chi connectivity index (χ0) is 17.2. The quantitative estimate of drug-likeness (QED) is 0.423. The molecule has 3 rings (SSSR count). The SMILES string of the molecule is NC(=S)N/N=C\c1cn(S(=O)(=O)c2ccccc2)c2ccccc12. The van der Waals surface area contributed by atoms with E-state index in [0.29, 0.717) is 11.1 Å². The molecule has 122 valence electrons. The highest BCUT2D eigenvalue weighted by atomic mass is 32.2. The summed E-state index contributed by atoms with van der Waals surface area (Å²) in [4.78, 5) is 0.218. The molecule has 0 spiro atoms. The third-order valence-electron chi connectivity index (χ3n) is 3.39. The molecule has 24 heavy (non-hydrogen) atoms. The summed E-state index contributed by atoms with van der Waals surface area (Å²) in [7, 11) is -3.70. The van der Waals surface area contributed by atoms with Crippen LogP contribution in [0, 0.1) is 0 Å². The molecule has 3 aromatic rings. The number of hydrazone groups is 1. The standard InChI is InChI=1S/C16H14N4O2S2/c17-16(23)19-18-10-12-11-20(15-9-5-4-8-14(12)15)24(21,22)13-6-2-1-3-7-13/h1-11H,(H3,17,19,23)/b18-10-. The number of benzene rings is 2. The molecular formula is C16H14N4O2S2. The normalized spacial score (nSPS) is 11.8. The highest BCUT2D eigenvalue weighted by Crippen LogP contribution is 2.24. The van der Waals surface area contributed by atoms with Crippen molar-refractivity contribution in [2.75, 3.05) is 0 Å². The van der Waals surface area contributed by atoms with Gasteiger partial charge >= 0.3 is 0 Å². The fourth-order valence-electron chi connectivity index (χ4n) is 2.35. The summed E-state index contributed by atoms with van der Waals surface area (Å²) in [5, 5.41) is 4.70. The average molecular weight is 358 g/mol. The van der Waals surface area contributed by atoms with Crippen LogP contribution in [0.2, 0.25) is 0 Å². The summed E-state index contributed by atoms with van der Waals surface area (Å²) in [5.41, 5.74) is 8.98. The Hall–Kier alpha value is -2.71. The molecular weight excluding hydrogens is 344 g/mol. The van der Waals surface area contributed by atoms with Gasteiger partial charge in [0, 0.05) is 17.1 Å². The number of nitrogens with one attached hydrogen (secondary N) is 1. The van der Waals surface area contributed by atoms with Crippen LogP contribution < -0.4 is 11.2 Å². The number of hydrogen-bond donors (Lipinski definition) is 2. The molecule has 0 unspecified atom stereocenters. The van der Waals surface area contributed by atoms with Crippen molar-refractivity contribution in [1.82, 2.24) is 9.40 Å². The smallest absolute Gasteiger partial charge is 0.268 e. The maximum absolute atomic E-state index is 12.9. The second-order valence-corrected chi connectivity index (χ2v) is 7.20. The molecule has 0 aliphatic carbocycles. The van der Waals surface area contributed by atoms with Gasteiger partial charge in [-0.1, -0.05) is 36.4 Å². The van der Waals surface area contributed by atoms with Gasteiger partial charge in [0.1, 0.15) is 0 Å². The van der Waals surface area contributed by atoms with Gasteiger partial charge < -0.3 is 5.73 Å². The number of aromatic nitrogens is 1. The predicted octanol–water partition coefficient (Wildman–Crippen LogP) is 2.05. The molecule has 0 saturated carbocycles. The Morgan fingerprint density at radius 3 is 2.50 bits per heavy atom. The van der Waals surface area contributed by atoms with E-state index in [2.05, 4.69) is 22.7 Å². The first-order valence-electron chi connectivity index (χ1n) is 6.99. The van der Waals surface area contributed by atoms with Gasteiger partial charge in [-0.05, 0) is 30.4 Å². The first-order valence-corrected chi connectivity index (χ1v) is 8.84. The van der Waals surface area contributed by atoms with Crippen molar-refractivity contribution in [3.63, 3.8) is 0 Å². The minimum Gasteiger partial charge on any atom is -0.375 e. The zero-order valence-corrected chi connectivity index (χ0v) is 14.1. The lowest BCUT2D eigenvalue weighted by Crippen LogP contribution is -2.23. The van der Waals surface area contributed by atoms with Crippen LogP contribution >= 0.6 is 12.2 Å². The summed E-state index contributed by atoms with van der Waals surface area (Å²) in [5.74, 6) is 0. The third-order valence-corrected chi connectivity index (χ3v) is 5.17. The van der Waals surface area contributed by atoms with Crippen LogP contribution in [-0.4, -0.2) is 23.7 Å². The Morgan fingerprint density at radius 2 is 1.79 bits per heavy atom. The van der Waals surface area contributed by atoms with Crippen LogP contribution in [0.3, 0.4) is 0 Å². The summed E-state index contributed by atoms with van der Waals surface area (Å²) in [6.45, 7) is 0. The number of thiocarbonyl (C=S) groups is 1. The van der Waals surface area contributed by atoms with Crippen molar-refractivity contribution in [1.29, 1.82) is 0 Å². The Bertz CT molecular complexity index is 1020. The molecule has 2 aromatic carbocycles. The Balaban J connectivity index is 2.16. The van der Waals surface area contributed by atoms with E-state index in [-0.39, 0.29) is 10.0 Å². The summed E-state index contributed by atoms with van der Waals surface area (Å²) < 4.78 is 27.1. The Kier molecular flexibility index (Phi) is 4.32. The van der Waals surface area contributed by atoms with Crippen LogP contribution in [0.25, 0.3) is 10.9 Å². The summed E-state index contributed by atoms with van der Waals surface area (Å²) >= 11 is 4.69. The van der Waals surface area contributed by atoms with Gasteiger partial charge in [-0.2, -0.15) is 5.10 Å². The molecule has 0 fully saturated rings. The molecule has 8 heteroatoms. The second-order valence-electron chi connectivity index (χ2n) is 4.95.